The van der Waals surface area contributed by atoms with Crippen LogP contribution in [0.15, 0.2) is 29.1 Å². The number of nitrogens with zero attached hydrogens (tertiary/aromatic N) is 3. The summed E-state index contributed by atoms with van der Waals surface area (Å²) < 4.78 is 3.27. The molecule has 1 amide bonds. The first kappa shape index (κ1) is 12.5. The van der Waals surface area contributed by atoms with Gasteiger partial charge in [0.05, 0.1) is 5.52 Å². The fraction of sp³-hybridized carbons (Fsp3) is 0.385. The average Bonchev–Trinajstić information content (AvgIpc) is 2.77. The first-order valence-electron chi connectivity index (χ1n) is 6.25. The fourth-order valence-corrected chi connectivity index (χ4v) is 3.22. The lowest BCUT2D eigenvalue weighted by Crippen LogP contribution is -2.37. The van der Waals surface area contributed by atoms with Crippen LogP contribution in [0.25, 0.3) is 10.9 Å². The van der Waals surface area contributed by atoms with Crippen molar-refractivity contribution in [3.63, 3.8) is 0 Å². The molecule has 0 atom stereocenters. The Morgan fingerprint density at radius 1 is 1.42 bits per heavy atom. The number of carbonyl (C=O) groups is 1. The third-order valence-electron chi connectivity index (χ3n) is 3.71. The molecule has 0 radical (unpaired) electrons. The predicted octanol–water partition coefficient (Wildman–Crippen LogP) is 3.11. The minimum absolute atomic E-state index is 0.354. The molecule has 0 saturated carbocycles. The summed E-state index contributed by atoms with van der Waals surface area (Å²) in [6.07, 6.45) is 6.60. The van der Waals surface area contributed by atoms with Crippen LogP contribution in [0.1, 0.15) is 18.9 Å². The van der Waals surface area contributed by atoms with Gasteiger partial charge in [-0.3, -0.25) is 4.98 Å². The van der Waals surface area contributed by atoms with Gasteiger partial charge in [-0.25, -0.2) is 4.79 Å². The van der Waals surface area contributed by atoms with Crippen molar-refractivity contribution >= 4 is 32.9 Å². The maximum atomic E-state index is 10.9. The molecule has 0 unspecified atom stereocenters. The summed E-state index contributed by atoms with van der Waals surface area (Å²) in [6, 6.07) is 2.36. The second-order valence-electron chi connectivity index (χ2n) is 4.78. The highest BCUT2D eigenvalue weighted by atomic mass is 79.9. The number of rotatable bonds is 1. The number of likely N-dealkylation sites (tertiary alicyclic amines) is 1. The standard InChI is InChI=1S/C13H14BrN3O2/c14-11-8-17(12-1-4-15-7-10(11)12)9-2-5-16(6-3-9)13(18)19/h1,4,7-9H,2-3,5-6H2,(H,18,19). The Kier molecular flexibility index (Phi) is 3.18. The molecule has 1 saturated heterocycles. The van der Waals surface area contributed by atoms with Crippen LogP contribution >= 0.6 is 15.9 Å². The molecule has 19 heavy (non-hydrogen) atoms. The van der Waals surface area contributed by atoms with Crippen molar-refractivity contribution in [2.24, 2.45) is 0 Å². The summed E-state index contributed by atoms with van der Waals surface area (Å²) >= 11 is 3.55. The molecule has 2 aromatic heterocycles. The molecule has 6 heteroatoms. The molecule has 0 aliphatic carbocycles. The quantitative estimate of drug-likeness (QED) is 0.877. The summed E-state index contributed by atoms with van der Waals surface area (Å²) in [5, 5.41) is 10.1. The van der Waals surface area contributed by atoms with Gasteiger partial charge in [-0.1, -0.05) is 0 Å². The molecule has 1 N–H and O–H groups in total. The van der Waals surface area contributed by atoms with Crippen LogP contribution in [0, 0.1) is 0 Å². The van der Waals surface area contributed by atoms with Crippen molar-refractivity contribution in [2.45, 2.75) is 18.9 Å². The van der Waals surface area contributed by atoms with Crippen LogP contribution in [0.3, 0.4) is 0 Å². The van der Waals surface area contributed by atoms with Gasteiger partial charge in [0, 0.05) is 47.6 Å². The molecule has 0 spiro atoms. The van der Waals surface area contributed by atoms with Crippen molar-refractivity contribution < 1.29 is 9.90 Å². The molecular formula is C13H14BrN3O2. The van der Waals surface area contributed by atoms with Crippen LogP contribution < -0.4 is 0 Å². The zero-order chi connectivity index (χ0) is 13.4. The number of aromatic nitrogens is 2. The van der Waals surface area contributed by atoms with Gasteiger partial charge >= 0.3 is 6.09 Å². The van der Waals surface area contributed by atoms with Crippen molar-refractivity contribution in [2.75, 3.05) is 13.1 Å². The highest BCUT2D eigenvalue weighted by molar-refractivity contribution is 9.10. The average molecular weight is 324 g/mol. The molecule has 3 rings (SSSR count). The lowest BCUT2D eigenvalue weighted by atomic mass is 10.1. The summed E-state index contributed by atoms with van der Waals surface area (Å²) in [5.74, 6) is 0. The zero-order valence-corrected chi connectivity index (χ0v) is 11.9. The maximum absolute atomic E-state index is 10.9. The molecule has 5 nitrogen and oxygen atoms in total. The topological polar surface area (TPSA) is 58.4 Å². The summed E-state index contributed by atoms with van der Waals surface area (Å²) in [5.41, 5.74) is 1.15. The van der Waals surface area contributed by atoms with Crippen molar-refractivity contribution in [1.82, 2.24) is 14.5 Å². The van der Waals surface area contributed by atoms with Gasteiger partial charge in [0.1, 0.15) is 0 Å². The van der Waals surface area contributed by atoms with Gasteiger partial charge < -0.3 is 14.6 Å². The lowest BCUT2D eigenvalue weighted by molar-refractivity contribution is 0.126. The Morgan fingerprint density at radius 3 is 2.84 bits per heavy atom. The van der Waals surface area contributed by atoms with E-state index in [1.165, 1.54) is 4.90 Å². The van der Waals surface area contributed by atoms with E-state index in [4.69, 9.17) is 5.11 Å². The Bertz CT molecular complexity index is 617. The van der Waals surface area contributed by atoms with E-state index in [9.17, 15) is 4.79 Å². The van der Waals surface area contributed by atoms with Gasteiger partial charge in [-0.05, 0) is 34.8 Å². The van der Waals surface area contributed by atoms with Gasteiger partial charge in [0.2, 0.25) is 0 Å². The van der Waals surface area contributed by atoms with Crippen LogP contribution in [0.4, 0.5) is 4.79 Å². The van der Waals surface area contributed by atoms with Crippen molar-refractivity contribution in [3.8, 4) is 0 Å². The first-order valence-corrected chi connectivity index (χ1v) is 7.04. The van der Waals surface area contributed by atoms with Crippen LogP contribution in [0.5, 0.6) is 0 Å². The SMILES string of the molecule is O=C(O)N1CCC(n2cc(Br)c3cnccc32)CC1. The van der Waals surface area contributed by atoms with Crippen LogP contribution in [0.2, 0.25) is 0 Å². The number of fused-ring (bicyclic) bond motifs is 1. The van der Waals surface area contributed by atoms with Gasteiger partial charge in [0.25, 0.3) is 0 Å². The smallest absolute Gasteiger partial charge is 0.407 e. The number of halogens is 1. The van der Waals surface area contributed by atoms with E-state index in [0.29, 0.717) is 19.1 Å². The Balaban J connectivity index is 1.88. The Hall–Kier alpha value is -1.56. The zero-order valence-electron chi connectivity index (χ0n) is 10.3. The summed E-state index contributed by atoms with van der Waals surface area (Å²) in [6.45, 7) is 1.20. The van der Waals surface area contributed by atoms with Gasteiger partial charge in [-0.2, -0.15) is 0 Å². The van der Waals surface area contributed by atoms with Gasteiger partial charge in [0.15, 0.2) is 0 Å². The van der Waals surface area contributed by atoms with Crippen LogP contribution in [-0.4, -0.2) is 38.7 Å². The molecule has 2 aromatic rings. The second kappa shape index (κ2) is 4.85. The van der Waals surface area contributed by atoms with E-state index in [1.54, 1.807) is 6.20 Å². The van der Waals surface area contributed by atoms with Crippen LogP contribution in [-0.2, 0) is 0 Å². The van der Waals surface area contributed by atoms with E-state index < -0.39 is 6.09 Å². The minimum Gasteiger partial charge on any atom is -0.465 e. The molecule has 1 aliphatic rings. The third-order valence-corrected chi connectivity index (χ3v) is 4.35. The highest BCUT2D eigenvalue weighted by Gasteiger charge is 2.24. The van der Waals surface area contributed by atoms with E-state index in [-0.39, 0.29) is 0 Å². The van der Waals surface area contributed by atoms with E-state index in [0.717, 1.165) is 28.2 Å². The first-order chi connectivity index (χ1) is 9.16. The van der Waals surface area contributed by atoms with Gasteiger partial charge in [-0.15, -0.1) is 0 Å². The predicted molar refractivity (Wildman–Crippen MR) is 75.3 cm³/mol. The molecule has 0 aromatic carbocycles. The molecule has 1 fully saturated rings. The molecule has 0 bridgehead atoms. The number of amides is 1. The van der Waals surface area contributed by atoms with E-state index in [1.807, 2.05) is 12.3 Å². The monoisotopic (exact) mass is 323 g/mol. The number of piperidine rings is 1. The number of carboxylic acid groups (broad SMARTS) is 1. The maximum Gasteiger partial charge on any atom is 0.407 e. The Morgan fingerprint density at radius 2 is 2.16 bits per heavy atom. The van der Waals surface area contributed by atoms with E-state index in [2.05, 4.69) is 31.7 Å². The highest BCUT2D eigenvalue weighted by Crippen LogP contribution is 2.32. The normalized spacial score (nSPS) is 17.0. The number of hydrogen-bond donors (Lipinski definition) is 1. The minimum atomic E-state index is -0.818. The van der Waals surface area contributed by atoms with Crippen molar-refractivity contribution in [3.05, 3.63) is 29.1 Å². The summed E-state index contributed by atoms with van der Waals surface area (Å²) in [7, 11) is 0. The van der Waals surface area contributed by atoms with E-state index >= 15 is 0 Å². The number of hydrogen-bond acceptors (Lipinski definition) is 2. The summed E-state index contributed by atoms with van der Waals surface area (Å²) in [4.78, 5) is 16.5. The molecule has 100 valence electrons. The largest absolute Gasteiger partial charge is 0.465 e. The molecular weight excluding hydrogens is 310 g/mol. The van der Waals surface area contributed by atoms with Crippen molar-refractivity contribution in [1.29, 1.82) is 0 Å². The number of pyridine rings is 1. The molecule has 3 heterocycles. The third kappa shape index (κ3) is 2.20. The fourth-order valence-electron chi connectivity index (χ4n) is 2.69. The lowest BCUT2D eigenvalue weighted by Gasteiger charge is -2.31. The molecule has 1 aliphatic heterocycles. The Labute approximate surface area is 119 Å². The second-order valence-corrected chi connectivity index (χ2v) is 5.63.